The lowest BCUT2D eigenvalue weighted by atomic mass is 9.92. The number of alkyl halides is 3. The Morgan fingerprint density at radius 3 is 2.17 bits per heavy atom. The number of esters is 2. The first-order valence-electron chi connectivity index (χ1n) is 15.3. The van der Waals surface area contributed by atoms with Gasteiger partial charge in [-0.05, 0) is 91.3 Å². The third-order valence-electron chi connectivity index (χ3n) is 8.28. The number of nitrogens with zero attached hydrogens (tertiary/aromatic N) is 1. The van der Waals surface area contributed by atoms with Crippen LogP contribution in [-0.4, -0.2) is 57.1 Å². The molecule has 1 saturated heterocycles. The number of hydrogen-bond donors (Lipinski definition) is 2. The van der Waals surface area contributed by atoms with Crippen LogP contribution in [0.4, 0.5) is 24.5 Å². The van der Waals surface area contributed by atoms with Gasteiger partial charge in [-0.3, -0.25) is 14.4 Å². The summed E-state index contributed by atoms with van der Waals surface area (Å²) in [4.78, 5) is 51.7. The predicted octanol–water partition coefficient (Wildman–Crippen LogP) is 6.15. The van der Waals surface area contributed by atoms with Crippen molar-refractivity contribution in [2.45, 2.75) is 51.2 Å². The van der Waals surface area contributed by atoms with Crippen LogP contribution in [0.15, 0.2) is 66.7 Å². The first kappa shape index (κ1) is 35.0. The fourth-order valence-electron chi connectivity index (χ4n) is 5.69. The third kappa shape index (κ3) is 9.34. The summed E-state index contributed by atoms with van der Waals surface area (Å²) in [5.74, 6) is -1.63. The van der Waals surface area contributed by atoms with Crippen molar-refractivity contribution < 1.29 is 41.8 Å². The van der Waals surface area contributed by atoms with Crippen LogP contribution in [0.25, 0.3) is 11.1 Å². The zero-order valence-corrected chi connectivity index (χ0v) is 26.5. The average Bonchev–Trinajstić information content (AvgIpc) is 3.06. The van der Waals surface area contributed by atoms with Crippen LogP contribution in [-0.2, 0) is 30.0 Å². The standard InChI is InChI=1S/C35H38F3N3O6/c1-22-5-4-6-28(32(22)24-7-9-25(10-8-24)35(36,37)38)33(44)39-26-11-13-27(14-12-26)41-19-17-23(18-20-41)21-30(42)40-29(34(45)47-3)15-16-31(43)46-2/h4-14,23,29H,15-21H2,1-3H3,(H,39,44)(H,40,42)/t29-/m1/s1. The van der Waals surface area contributed by atoms with Crippen molar-refractivity contribution in [3.05, 3.63) is 83.4 Å². The SMILES string of the molecule is COC(=O)CC[C@@H](NC(=O)CC1CCN(c2ccc(NC(=O)c3cccc(C)c3-c3ccc(C(F)(F)F)cc3)cc2)CC1)C(=O)OC. The molecule has 0 aliphatic carbocycles. The zero-order chi connectivity index (χ0) is 34.1. The van der Waals surface area contributed by atoms with Crippen LogP contribution in [0.1, 0.15) is 53.6 Å². The van der Waals surface area contributed by atoms with Crippen LogP contribution >= 0.6 is 0 Å². The minimum Gasteiger partial charge on any atom is -0.469 e. The highest BCUT2D eigenvalue weighted by molar-refractivity contribution is 6.09. The minimum absolute atomic E-state index is 0.0207. The number of hydrogen-bond acceptors (Lipinski definition) is 7. The first-order chi connectivity index (χ1) is 22.4. The number of anilines is 2. The van der Waals surface area contributed by atoms with E-state index < -0.39 is 29.7 Å². The van der Waals surface area contributed by atoms with E-state index in [1.807, 2.05) is 12.1 Å². The number of benzene rings is 3. The molecule has 0 spiro atoms. The van der Waals surface area contributed by atoms with Gasteiger partial charge in [0.05, 0.1) is 19.8 Å². The van der Waals surface area contributed by atoms with Gasteiger partial charge >= 0.3 is 18.1 Å². The van der Waals surface area contributed by atoms with Crippen LogP contribution in [0, 0.1) is 12.8 Å². The van der Waals surface area contributed by atoms with E-state index in [1.54, 1.807) is 37.3 Å². The Hall–Kier alpha value is -4.87. The van der Waals surface area contributed by atoms with Gasteiger partial charge in [0.2, 0.25) is 5.91 Å². The monoisotopic (exact) mass is 653 g/mol. The van der Waals surface area contributed by atoms with E-state index in [0.717, 1.165) is 36.2 Å². The molecular formula is C35H38F3N3O6. The first-order valence-corrected chi connectivity index (χ1v) is 15.3. The van der Waals surface area contributed by atoms with Gasteiger partial charge in [-0.1, -0.05) is 24.3 Å². The lowest BCUT2D eigenvalue weighted by Gasteiger charge is -2.33. The predicted molar refractivity (Wildman–Crippen MR) is 171 cm³/mol. The van der Waals surface area contributed by atoms with E-state index in [0.29, 0.717) is 35.5 Å². The van der Waals surface area contributed by atoms with Gasteiger partial charge < -0.3 is 25.0 Å². The van der Waals surface area contributed by atoms with Crippen LogP contribution < -0.4 is 15.5 Å². The number of halogens is 3. The summed E-state index contributed by atoms with van der Waals surface area (Å²) < 4.78 is 48.6. The molecule has 0 aromatic heterocycles. The van der Waals surface area contributed by atoms with E-state index in [-0.39, 0.29) is 37.0 Å². The Balaban J connectivity index is 1.32. The number of nitrogens with one attached hydrogen (secondary N) is 2. The van der Waals surface area contributed by atoms with E-state index in [4.69, 9.17) is 4.74 Å². The second-order valence-corrected chi connectivity index (χ2v) is 11.5. The summed E-state index contributed by atoms with van der Waals surface area (Å²) in [5.41, 5.74) is 2.96. The average molecular weight is 654 g/mol. The molecular weight excluding hydrogens is 615 g/mol. The Morgan fingerprint density at radius 1 is 0.915 bits per heavy atom. The van der Waals surface area contributed by atoms with Crippen LogP contribution in [0.2, 0.25) is 0 Å². The Morgan fingerprint density at radius 2 is 1.57 bits per heavy atom. The fourth-order valence-corrected chi connectivity index (χ4v) is 5.69. The van der Waals surface area contributed by atoms with Crippen molar-refractivity contribution in [3.8, 4) is 11.1 Å². The Labute approximate surface area is 271 Å². The normalized spacial score (nSPS) is 14.2. The molecule has 1 aliphatic rings. The van der Waals surface area contributed by atoms with Gasteiger partial charge in [-0.25, -0.2) is 4.79 Å². The molecule has 1 atom stereocenters. The summed E-state index contributed by atoms with van der Waals surface area (Å²) in [6.07, 6.45) is -2.61. The number of rotatable bonds is 11. The number of ether oxygens (including phenoxy) is 2. The topological polar surface area (TPSA) is 114 Å². The van der Waals surface area contributed by atoms with Crippen molar-refractivity contribution >= 4 is 35.1 Å². The molecule has 0 bridgehead atoms. The number of carbonyl (C=O) groups excluding carboxylic acids is 4. The molecule has 2 N–H and O–H groups in total. The van der Waals surface area contributed by atoms with Crippen LogP contribution in [0.5, 0.6) is 0 Å². The molecule has 1 aliphatic heterocycles. The lowest BCUT2D eigenvalue weighted by molar-refractivity contribution is -0.146. The maximum absolute atomic E-state index is 13.3. The summed E-state index contributed by atoms with van der Waals surface area (Å²) in [6, 6.07) is 16.4. The maximum atomic E-state index is 13.3. The van der Waals surface area contributed by atoms with E-state index >= 15 is 0 Å². The lowest BCUT2D eigenvalue weighted by Crippen LogP contribution is -2.43. The van der Waals surface area contributed by atoms with Crippen molar-refractivity contribution in [1.29, 1.82) is 0 Å². The fraction of sp³-hybridized carbons (Fsp3) is 0.371. The molecule has 3 aromatic carbocycles. The molecule has 1 fully saturated rings. The molecule has 47 heavy (non-hydrogen) atoms. The number of carbonyl (C=O) groups is 4. The summed E-state index contributed by atoms with van der Waals surface area (Å²) >= 11 is 0. The van der Waals surface area contributed by atoms with E-state index in [1.165, 1.54) is 26.4 Å². The maximum Gasteiger partial charge on any atom is 0.416 e. The van der Waals surface area contributed by atoms with Gasteiger partial charge in [0.1, 0.15) is 6.04 Å². The molecule has 12 heteroatoms. The molecule has 1 heterocycles. The van der Waals surface area contributed by atoms with Crippen molar-refractivity contribution in [3.63, 3.8) is 0 Å². The number of aryl methyl sites for hydroxylation is 1. The molecule has 0 unspecified atom stereocenters. The number of amides is 2. The smallest absolute Gasteiger partial charge is 0.416 e. The van der Waals surface area contributed by atoms with E-state index in [9.17, 15) is 32.3 Å². The van der Waals surface area contributed by atoms with Crippen molar-refractivity contribution in [2.75, 3.05) is 37.5 Å². The summed E-state index contributed by atoms with van der Waals surface area (Å²) in [7, 11) is 2.48. The van der Waals surface area contributed by atoms with Gasteiger partial charge in [-0.2, -0.15) is 13.2 Å². The summed E-state index contributed by atoms with van der Waals surface area (Å²) in [6.45, 7) is 3.24. The minimum atomic E-state index is -4.45. The van der Waals surface area contributed by atoms with Gasteiger partial charge in [0.25, 0.3) is 5.91 Å². The molecule has 0 saturated carbocycles. The molecule has 0 radical (unpaired) electrons. The van der Waals surface area contributed by atoms with Crippen molar-refractivity contribution in [2.24, 2.45) is 5.92 Å². The molecule has 2 amide bonds. The molecule has 3 aromatic rings. The second kappa shape index (κ2) is 15.6. The molecule has 4 rings (SSSR count). The zero-order valence-electron chi connectivity index (χ0n) is 26.5. The quantitative estimate of drug-likeness (QED) is 0.239. The highest BCUT2D eigenvalue weighted by atomic mass is 19.4. The summed E-state index contributed by atoms with van der Waals surface area (Å²) in [5, 5.41) is 5.58. The molecule has 9 nitrogen and oxygen atoms in total. The number of methoxy groups -OCH3 is 2. The van der Waals surface area contributed by atoms with Gasteiger partial charge in [-0.15, -0.1) is 0 Å². The Kier molecular flexibility index (Phi) is 11.6. The third-order valence-corrected chi connectivity index (χ3v) is 8.28. The van der Waals surface area contributed by atoms with Gasteiger partial charge in [0.15, 0.2) is 0 Å². The van der Waals surface area contributed by atoms with E-state index in [2.05, 4.69) is 20.3 Å². The second-order valence-electron chi connectivity index (χ2n) is 11.5. The van der Waals surface area contributed by atoms with Gasteiger partial charge in [0, 0.05) is 42.9 Å². The largest absolute Gasteiger partial charge is 0.469 e. The van der Waals surface area contributed by atoms with Crippen LogP contribution in [0.3, 0.4) is 0 Å². The van der Waals surface area contributed by atoms with Crippen molar-refractivity contribution in [1.82, 2.24) is 5.32 Å². The Bertz CT molecular complexity index is 1570. The number of piperidine rings is 1. The highest BCUT2D eigenvalue weighted by Gasteiger charge is 2.30. The highest BCUT2D eigenvalue weighted by Crippen LogP contribution is 2.34. The molecule has 250 valence electrons.